The number of carbonyl (C=O) groups excluding carboxylic acids is 1. The summed E-state index contributed by atoms with van der Waals surface area (Å²) in [4.78, 5) is 12.6. The van der Waals surface area contributed by atoms with Crippen molar-refractivity contribution < 1.29 is 9.53 Å². The summed E-state index contributed by atoms with van der Waals surface area (Å²) in [5.41, 5.74) is 1.31. The molecular weight excluding hydrogens is 256 g/mol. The van der Waals surface area contributed by atoms with E-state index in [-0.39, 0.29) is 5.78 Å². The van der Waals surface area contributed by atoms with Crippen LogP contribution in [0.2, 0.25) is 0 Å². The van der Waals surface area contributed by atoms with Gasteiger partial charge in [0.1, 0.15) is 5.75 Å². The maximum atomic E-state index is 11.8. The zero-order chi connectivity index (χ0) is 13.5. The van der Waals surface area contributed by atoms with Crippen LogP contribution in [0, 0.1) is 0 Å². The van der Waals surface area contributed by atoms with Gasteiger partial charge in [0.2, 0.25) is 0 Å². The zero-order valence-electron chi connectivity index (χ0n) is 11.1. The second kappa shape index (κ2) is 7.10. The maximum absolute atomic E-state index is 11.8. The first kappa shape index (κ1) is 13.8. The van der Waals surface area contributed by atoms with Crippen LogP contribution in [0.4, 0.5) is 0 Å². The molecule has 2 aromatic rings. The molecule has 0 unspecified atom stereocenters. The average molecular weight is 274 g/mol. The first-order valence-electron chi connectivity index (χ1n) is 6.58. The molecule has 2 nitrogen and oxygen atoms in total. The largest absolute Gasteiger partial charge is 0.494 e. The highest BCUT2D eigenvalue weighted by Crippen LogP contribution is 2.15. The lowest BCUT2D eigenvalue weighted by Crippen LogP contribution is -2.02. The van der Waals surface area contributed by atoms with E-state index in [0.29, 0.717) is 13.0 Å². The maximum Gasteiger partial charge on any atom is 0.172 e. The number of hydrogen-bond acceptors (Lipinski definition) is 3. The van der Waals surface area contributed by atoms with Gasteiger partial charge < -0.3 is 4.74 Å². The van der Waals surface area contributed by atoms with Crippen LogP contribution in [0.5, 0.6) is 5.75 Å². The lowest BCUT2D eigenvalue weighted by molar-refractivity contribution is 0.0977. The van der Waals surface area contributed by atoms with Gasteiger partial charge in [-0.1, -0.05) is 25.1 Å². The molecule has 2 rings (SSSR count). The highest BCUT2D eigenvalue weighted by atomic mass is 32.1. The number of hydrogen-bond donors (Lipinski definition) is 0. The number of carbonyl (C=O) groups is 1. The predicted molar refractivity (Wildman–Crippen MR) is 79.2 cm³/mol. The van der Waals surface area contributed by atoms with Crippen LogP contribution in [0.3, 0.4) is 0 Å². The van der Waals surface area contributed by atoms with Crippen molar-refractivity contribution >= 4 is 17.1 Å². The third kappa shape index (κ3) is 4.21. The van der Waals surface area contributed by atoms with Crippen molar-refractivity contribution in [2.45, 2.75) is 26.2 Å². The lowest BCUT2D eigenvalue weighted by atomic mass is 10.2. The third-order valence-electron chi connectivity index (χ3n) is 2.94. The van der Waals surface area contributed by atoms with Gasteiger partial charge in [0.25, 0.3) is 0 Å². The van der Waals surface area contributed by atoms with Crippen LogP contribution in [0.25, 0.3) is 0 Å². The minimum atomic E-state index is 0.208. The van der Waals surface area contributed by atoms with Crippen molar-refractivity contribution in [3.63, 3.8) is 0 Å². The van der Waals surface area contributed by atoms with Gasteiger partial charge in [-0.2, -0.15) is 0 Å². The predicted octanol–water partition coefficient (Wildman–Crippen LogP) is 4.35. The Kier molecular flexibility index (Phi) is 5.16. The second-order valence-electron chi connectivity index (χ2n) is 4.35. The number of benzene rings is 1. The number of thiophene rings is 1. The molecule has 0 bridgehead atoms. The standard InChI is InChI=1S/C16H18O2S/c1-2-13-7-9-14(10-8-13)18-11-3-5-15(17)16-6-4-12-19-16/h4,6-10,12H,2-3,5,11H2,1H3. The van der Waals surface area contributed by atoms with E-state index >= 15 is 0 Å². The summed E-state index contributed by atoms with van der Waals surface area (Å²) < 4.78 is 5.62. The van der Waals surface area contributed by atoms with E-state index in [4.69, 9.17) is 4.74 Å². The molecule has 1 aromatic heterocycles. The summed E-state index contributed by atoms with van der Waals surface area (Å²) in [6.07, 6.45) is 2.34. The summed E-state index contributed by atoms with van der Waals surface area (Å²) in [5.74, 6) is 1.08. The van der Waals surface area contributed by atoms with E-state index in [1.165, 1.54) is 16.9 Å². The van der Waals surface area contributed by atoms with E-state index in [1.807, 2.05) is 29.6 Å². The van der Waals surface area contributed by atoms with E-state index in [0.717, 1.165) is 23.5 Å². The van der Waals surface area contributed by atoms with Crippen molar-refractivity contribution in [2.24, 2.45) is 0 Å². The SMILES string of the molecule is CCc1ccc(OCCCC(=O)c2cccs2)cc1. The van der Waals surface area contributed by atoms with Crippen molar-refractivity contribution in [1.82, 2.24) is 0 Å². The molecule has 1 heterocycles. The number of ketones is 1. The van der Waals surface area contributed by atoms with Gasteiger partial charge in [-0.3, -0.25) is 4.79 Å². The first-order valence-corrected chi connectivity index (χ1v) is 7.46. The van der Waals surface area contributed by atoms with E-state index in [1.54, 1.807) is 0 Å². The molecular formula is C16H18O2S. The highest BCUT2D eigenvalue weighted by Gasteiger charge is 2.06. The molecule has 0 aliphatic carbocycles. The molecule has 0 fully saturated rings. The topological polar surface area (TPSA) is 26.3 Å². The average Bonchev–Trinajstić information content (AvgIpc) is 2.98. The van der Waals surface area contributed by atoms with Crippen LogP contribution in [0.15, 0.2) is 41.8 Å². The van der Waals surface area contributed by atoms with E-state index in [9.17, 15) is 4.79 Å². The molecule has 3 heteroatoms. The molecule has 19 heavy (non-hydrogen) atoms. The van der Waals surface area contributed by atoms with Crippen molar-refractivity contribution in [3.05, 3.63) is 52.2 Å². The van der Waals surface area contributed by atoms with Crippen LogP contribution < -0.4 is 4.74 Å². The second-order valence-corrected chi connectivity index (χ2v) is 5.30. The summed E-state index contributed by atoms with van der Waals surface area (Å²) in [6.45, 7) is 2.72. The van der Waals surface area contributed by atoms with Gasteiger partial charge in [0, 0.05) is 6.42 Å². The van der Waals surface area contributed by atoms with Gasteiger partial charge in [0.15, 0.2) is 5.78 Å². The monoisotopic (exact) mass is 274 g/mol. The normalized spacial score (nSPS) is 10.4. The van der Waals surface area contributed by atoms with Crippen LogP contribution in [-0.2, 0) is 6.42 Å². The molecule has 0 spiro atoms. The first-order chi connectivity index (χ1) is 9.29. The Bertz CT molecular complexity index is 500. The van der Waals surface area contributed by atoms with Crippen molar-refractivity contribution in [2.75, 3.05) is 6.61 Å². The number of rotatable bonds is 7. The minimum absolute atomic E-state index is 0.208. The Labute approximate surface area is 118 Å². The lowest BCUT2D eigenvalue weighted by Gasteiger charge is -2.06. The highest BCUT2D eigenvalue weighted by molar-refractivity contribution is 7.12. The molecule has 0 saturated carbocycles. The smallest absolute Gasteiger partial charge is 0.172 e. The van der Waals surface area contributed by atoms with Crippen molar-refractivity contribution in [1.29, 1.82) is 0 Å². The quantitative estimate of drug-likeness (QED) is 0.554. The Morgan fingerprint density at radius 2 is 2.00 bits per heavy atom. The fourth-order valence-electron chi connectivity index (χ4n) is 1.80. The number of aryl methyl sites for hydroxylation is 1. The van der Waals surface area contributed by atoms with E-state index < -0.39 is 0 Å². The molecule has 0 saturated heterocycles. The Morgan fingerprint density at radius 1 is 1.21 bits per heavy atom. The van der Waals surface area contributed by atoms with Gasteiger partial charge in [-0.05, 0) is 42.0 Å². The van der Waals surface area contributed by atoms with Gasteiger partial charge in [0.05, 0.1) is 11.5 Å². The zero-order valence-corrected chi connectivity index (χ0v) is 11.9. The summed E-state index contributed by atoms with van der Waals surface area (Å²) in [6, 6.07) is 11.9. The number of Topliss-reactive ketones (excluding diaryl/α,β-unsaturated/α-hetero) is 1. The summed E-state index contributed by atoms with van der Waals surface area (Å²) >= 11 is 1.50. The third-order valence-corrected chi connectivity index (χ3v) is 3.86. The number of ether oxygens (including phenoxy) is 1. The van der Waals surface area contributed by atoms with Crippen LogP contribution in [0.1, 0.15) is 35.0 Å². The van der Waals surface area contributed by atoms with Gasteiger partial charge in [-0.25, -0.2) is 0 Å². The molecule has 1 aromatic carbocycles. The molecule has 100 valence electrons. The van der Waals surface area contributed by atoms with Gasteiger partial charge in [-0.15, -0.1) is 11.3 Å². The summed E-state index contributed by atoms with van der Waals surface area (Å²) in [7, 11) is 0. The molecule has 0 atom stereocenters. The summed E-state index contributed by atoms with van der Waals surface area (Å²) in [5, 5.41) is 1.93. The fourth-order valence-corrected chi connectivity index (χ4v) is 2.50. The molecule has 0 radical (unpaired) electrons. The van der Waals surface area contributed by atoms with E-state index in [2.05, 4.69) is 19.1 Å². The van der Waals surface area contributed by atoms with Crippen LogP contribution in [-0.4, -0.2) is 12.4 Å². The molecule has 0 amide bonds. The molecule has 0 aliphatic rings. The van der Waals surface area contributed by atoms with Crippen LogP contribution >= 0.6 is 11.3 Å². The Morgan fingerprint density at radius 3 is 2.63 bits per heavy atom. The van der Waals surface area contributed by atoms with Crippen molar-refractivity contribution in [3.8, 4) is 5.75 Å². The Balaban J connectivity index is 1.70. The Hall–Kier alpha value is -1.61. The molecule has 0 N–H and O–H groups in total. The van der Waals surface area contributed by atoms with Gasteiger partial charge >= 0.3 is 0 Å². The fraction of sp³-hybridized carbons (Fsp3) is 0.312. The minimum Gasteiger partial charge on any atom is -0.494 e. The molecule has 0 aliphatic heterocycles.